The molecule has 186 valence electrons. The van der Waals surface area contributed by atoms with E-state index in [0.29, 0.717) is 23.8 Å². The normalized spacial score (nSPS) is 14.3. The van der Waals surface area contributed by atoms with Crippen LogP contribution < -0.4 is 11.2 Å². The van der Waals surface area contributed by atoms with Gasteiger partial charge >= 0.3 is 24.5 Å². The second-order valence-electron chi connectivity index (χ2n) is 6.54. The van der Waals surface area contributed by atoms with Crippen molar-refractivity contribution in [2.45, 2.75) is 31.1 Å². The van der Waals surface area contributed by atoms with E-state index >= 15 is 0 Å². The molecule has 1 atom stereocenters. The van der Waals surface area contributed by atoms with Crippen LogP contribution in [0.2, 0.25) is 0 Å². The van der Waals surface area contributed by atoms with Crippen molar-refractivity contribution in [2.24, 2.45) is 0 Å². The van der Waals surface area contributed by atoms with Gasteiger partial charge in [0, 0.05) is 11.1 Å². The van der Waals surface area contributed by atoms with Crippen LogP contribution in [0.3, 0.4) is 0 Å². The Labute approximate surface area is 182 Å². The number of rotatable bonds is 3. The number of carbonyl (C=O) groups excluding carboxylic acids is 2. The summed E-state index contributed by atoms with van der Waals surface area (Å²) >= 11 is 0. The Bertz CT molecular complexity index is 1120. The molecule has 0 fully saturated rings. The number of anilines is 1. The van der Waals surface area contributed by atoms with Crippen LogP contribution in [0, 0.1) is 6.92 Å². The summed E-state index contributed by atoms with van der Waals surface area (Å²) in [5, 5.41) is 10.1. The summed E-state index contributed by atoms with van der Waals surface area (Å²) in [5.41, 5.74) is -3.06. The summed E-state index contributed by atoms with van der Waals surface area (Å²) in [6.45, 7) is 1.22. The first-order chi connectivity index (χ1) is 15.3. The number of aliphatic hydroxyl groups is 1. The van der Waals surface area contributed by atoms with Crippen LogP contribution in [0.1, 0.15) is 16.8 Å². The maximum Gasteiger partial charge on any atom is 0.493 e. The third-order valence-corrected chi connectivity index (χ3v) is 4.21. The van der Waals surface area contributed by atoms with Gasteiger partial charge < -0.3 is 15.7 Å². The first-order valence-electron chi connectivity index (χ1n) is 8.49. The molecule has 1 heterocycles. The number of benzene rings is 1. The largest absolute Gasteiger partial charge is 0.493 e. The van der Waals surface area contributed by atoms with Gasteiger partial charge in [0.15, 0.2) is 11.5 Å². The summed E-state index contributed by atoms with van der Waals surface area (Å²) in [5.74, 6) is -6.78. The molecule has 1 aromatic carbocycles. The minimum atomic E-state index is -5.90. The van der Waals surface area contributed by atoms with E-state index in [0.717, 1.165) is 6.07 Å². The van der Waals surface area contributed by atoms with Crippen LogP contribution in [0.15, 0.2) is 24.4 Å². The van der Waals surface area contributed by atoms with Crippen molar-refractivity contribution >= 4 is 17.7 Å². The number of nitrogen functional groups attached to an aromatic ring is 1. The standard InChI is InChI=1S/C17H11F9N4O4/c1-6-2-3-7(4-8(6)9-5-28-11(27)10(29-9)15(18,19)20)14(33,17(24,25)26)12(31)30-34-13(32)16(21,22)23/h2-5,33H,1H3,(H2,27,28)(H,30,31). The highest BCUT2D eigenvalue weighted by atomic mass is 19.4. The van der Waals surface area contributed by atoms with Crippen LogP contribution in [-0.2, 0) is 26.2 Å². The smallest absolute Gasteiger partial charge is 0.382 e. The summed E-state index contributed by atoms with van der Waals surface area (Å²) < 4.78 is 117. The van der Waals surface area contributed by atoms with Crippen LogP contribution in [0.5, 0.6) is 0 Å². The predicted octanol–water partition coefficient (Wildman–Crippen LogP) is 2.94. The quantitative estimate of drug-likeness (QED) is 0.432. The Balaban J connectivity index is 2.59. The third-order valence-electron chi connectivity index (χ3n) is 4.21. The molecule has 1 amide bonds. The highest BCUT2D eigenvalue weighted by molar-refractivity contribution is 5.88. The van der Waals surface area contributed by atoms with Gasteiger partial charge in [0.2, 0.25) is 0 Å². The lowest BCUT2D eigenvalue weighted by Gasteiger charge is -2.29. The number of alkyl halides is 9. The number of amides is 1. The molecule has 8 nitrogen and oxygen atoms in total. The minimum Gasteiger partial charge on any atom is -0.382 e. The lowest BCUT2D eigenvalue weighted by molar-refractivity contribution is -0.262. The van der Waals surface area contributed by atoms with E-state index in [2.05, 4.69) is 14.8 Å². The topological polar surface area (TPSA) is 127 Å². The summed E-state index contributed by atoms with van der Waals surface area (Å²) in [7, 11) is 0. The summed E-state index contributed by atoms with van der Waals surface area (Å²) in [4.78, 5) is 32.4. The van der Waals surface area contributed by atoms with Crippen molar-refractivity contribution in [3.05, 3.63) is 41.2 Å². The zero-order valence-electron chi connectivity index (χ0n) is 16.4. The molecule has 17 heteroatoms. The second kappa shape index (κ2) is 8.62. The Kier molecular flexibility index (Phi) is 6.75. The third kappa shape index (κ3) is 5.13. The lowest BCUT2D eigenvalue weighted by atomic mass is 9.89. The molecule has 0 aliphatic carbocycles. The maximum absolute atomic E-state index is 13.6. The molecule has 0 bridgehead atoms. The van der Waals surface area contributed by atoms with E-state index in [-0.39, 0.29) is 5.56 Å². The van der Waals surface area contributed by atoms with Crippen molar-refractivity contribution in [1.29, 1.82) is 0 Å². The number of nitrogens with two attached hydrogens (primary N) is 1. The van der Waals surface area contributed by atoms with E-state index in [1.807, 2.05) is 0 Å². The zero-order valence-corrected chi connectivity index (χ0v) is 16.4. The molecule has 0 spiro atoms. The van der Waals surface area contributed by atoms with Gasteiger partial charge in [-0.1, -0.05) is 12.1 Å². The maximum atomic E-state index is 13.6. The van der Waals surface area contributed by atoms with Crippen molar-refractivity contribution in [3.8, 4) is 11.3 Å². The van der Waals surface area contributed by atoms with Crippen LogP contribution >= 0.6 is 0 Å². The Morgan fingerprint density at radius 2 is 1.65 bits per heavy atom. The first-order valence-corrected chi connectivity index (χ1v) is 8.49. The number of hydroxylamine groups is 1. The van der Waals surface area contributed by atoms with E-state index in [4.69, 9.17) is 5.73 Å². The fourth-order valence-corrected chi connectivity index (χ4v) is 2.51. The molecule has 0 radical (unpaired) electrons. The lowest BCUT2D eigenvalue weighted by Crippen LogP contribution is -2.55. The average molecular weight is 506 g/mol. The van der Waals surface area contributed by atoms with Crippen molar-refractivity contribution in [3.63, 3.8) is 0 Å². The van der Waals surface area contributed by atoms with Crippen LogP contribution in [0.25, 0.3) is 11.3 Å². The number of nitrogens with one attached hydrogen (secondary N) is 1. The zero-order chi connectivity index (χ0) is 26.3. The van der Waals surface area contributed by atoms with E-state index in [1.54, 1.807) is 0 Å². The number of aromatic nitrogens is 2. The SMILES string of the molecule is Cc1ccc(C(O)(C(=O)NOC(=O)C(F)(F)F)C(F)(F)F)cc1-c1cnc(N)c(C(F)(F)F)n1. The Morgan fingerprint density at radius 3 is 2.15 bits per heavy atom. The number of aryl methyl sites for hydroxylation is 1. The number of hydrogen-bond donors (Lipinski definition) is 3. The summed E-state index contributed by atoms with van der Waals surface area (Å²) in [6.07, 6.45) is -16.0. The molecule has 2 aromatic rings. The van der Waals surface area contributed by atoms with Crippen molar-refractivity contribution in [2.75, 3.05) is 5.73 Å². The second-order valence-corrected chi connectivity index (χ2v) is 6.54. The van der Waals surface area contributed by atoms with Gasteiger partial charge in [0.1, 0.15) is 0 Å². The minimum absolute atomic E-state index is 0.00405. The van der Waals surface area contributed by atoms with E-state index < -0.39 is 64.3 Å². The molecular weight excluding hydrogens is 495 g/mol. The highest BCUT2D eigenvalue weighted by Crippen LogP contribution is 2.41. The molecule has 1 unspecified atom stereocenters. The van der Waals surface area contributed by atoms with Gasteiger partial charge in [-0.05, 0) is 18.6 Å². The highest BCUT2D eigenvalue weighted by Gasteiger charge is 2.61. The summed E-state index contributed by atoms with van der Waals surface area (Å²) in [6, 6.07) is 1.78. The van der Waals surface area contributed by atoms with Gasteiger partial charge in [-0.3, -0.25) is 4.79 Å². The number of nitrogens with zero attached hydrogens (tertiary/aromatic N) is 2. The molecule has 1 aromatic heterocycles. The molecule has 2 rings (SSSR count). The van der Waals surface area contributed by atoms with Crippen LogP contribution in [0.4, 0.5) is 45.3 Å². The average Bonchev–Trinajstić information content (AvgIpc) is 2.69. The van der Waals surface area contributed by atoms with Gasteiger partial charge in [-0.25, -0.2) is 14.8 Å². The monoisotopic (exact) mass is 506 g/mol. The molecular formula is C17H11F9N4O4. The number of halogens is 9. The molecule has 34 heavy (non-hydrogen) atoms. The molecule has 4 N–H and O–H groups in total. The van der Waals surface area contributed by atoms with Gasteiger partial charge in [-0.15, -0.1) is 0 Å². The van der Waals surface area contributed by atoms with Gasteiger partial charge in [0.05, 0.1) is 11.9 Å². The Hall–Kier alpha value is -3.63. The van der Waals surface area contributed by atoms with Gasteiger partial charge in [0.25, 0.3) is 11.5 Å². The molecule has 0 aliphatic heterocycles. The van der Waals surface area contributed by atoms with E-state index in [1.165, 1.54) is 6.92 Å². The fourth-order valence-electron chi connectivity index (χ4n) is 2.51. The fraction of sp³-hybridized carbons (Fsp3) is 0.294. The van der Waals surface area contributed by atoms with E-state index in [9.17, 15) is 54.2 Å². The first kappa shape index (κ1) is 26.6. The van der Waals surface area contributed by atoms with Gasteiger partial charge in [-0.2, -0.15) is 45.0 Å². The van der Waals surface area contributed by atoms with Crippen LogP contribution in [-0.4, -0.2) is 39.3 Å². The molecule has 0 aliphatic rings. The van der Waals surface area contributed by atoms with Crippen molar-refractivity contribution in [1.82, 2.24) is 15.4 Å². The van der Waals surface area contributed by atoms with Crippen molar-refractivity contribution < 1.29 is 59.0 Å². The molecule has 0 saturated heterocycles. The Morgan fingerprint density at radius 1 is 1.06 bits per heavy atom. The number of carbonyl (C=O) groups is 2. The predicted molar refractivity (Wildman–Crippen MR) is 91.9 cm³/mol. The number of hydrogen-bond acceptors (Lipinski definition) is 7. The molecule has 0 saturated carbocycles.